The van der Waals surface area contributed by atoms with Gasteiger partial charge in [-0.1, -0.05) is 72.8 Å². The second kappa shape index (κ2) is 11.9. The van der Waals surface area contributed by atoms with Crippen LogP contribution in [0, 0.1) is 0 Å². The van der Waals surface area contributed by atoms with Gasteiger partial charge in [-0.3, -0.25) is 19.3 Å². The number of amides is 3. The largest absolute Gasteiger partial charge is 0.489 e. The highest BCUT2D eigenvalue weighted by molar-refractivity contribution is 8.18. The SMILES string of the molecule is O=C(CN1C(=O)S/C(=C/c2cccc(OCc3cccc4ccccc34)c2)C1=O)N1CCN(c2ccccc2)CC1. The van der Waals surface area contributed by atoms with E-state index in [9.17, 15) is 14.4 Å². The summed E-state index contributed by atoms with van der Waals surface area (Å²) in [6.07, 6.45) is 1.68. The average Bonchev–Trinajstić information content (AvgIpc) is 3.27. The summed E-state index contributed by atoms with van der Waals surface area (Å²) < 4.78 is 6.08. The summed E-state index contributed by atoms with van der Waals surface area (Å²) in [6.45, 7) is 2.66. The van der Waals surface area contributed by atoms with Crippen LogP contribution in [0.4, 0.5) is 10.5 Å². The predicted molar refractivity (Wildman–Crippen MR) is 163 cm³/mol. The van der Waals surface area contributed by atoms with E-state index in [4.69, 9.17) is 4.74 Å². The summed E-state index contributed by atoms with van der Waals surface area (Å²) in [6, 6.07) is 31.8. The molecule has 2 fully saturated rings. The van der Waals surface area contributed by atoms with Crippen molar-refractivity contribution in [2.75, 3.05) is 37.6 Å². The van der Waals surface area contributed by atoms with Gasteiger partial charge in [0.2, 0.25) is 5.91 Å². The van der Waals surface area contributed by atoms with Crippen LogP contribution in [0.5, 0.6) is 5.75 Å². The van der Waals surface area contributed by atoms with Crippen molar-refractivity contribution in [3.8, 4) is 5.75 Å². The minimum atomic E-state index is -0.446. The summed E-state index contributed by atoms with van der Waals surface area (Å²) in [5.74, 6) is -0.000760. The molecule has 0 spiro atoms. The number of hydrogen-bond donors (Lipinski definition) is 0. The molecule has 41 heavy (non-hydrogen) atoms. The van der Waals surface area contributed by atoms with Gasteiger partial charge in [0, 0.05) is 31.9 Å². The molecule has 3 amide bonds. The van der Waals surface area contributed by atoms with Crippen molar-refractivity contribution in [3.63, 3.8) is 0 Å². The number of imide groups is 1. The topological polar surface area (TPSA) is 70.2 Å². The Morgan fingerprint density at radius 1 is 0.829 bits per heavy atom. The number of nitrogens with zero attached hydrogens (tertiary/aromatic N) is 3. The zero-order valence-corrected chi connectivity index (χ0v) is 23.3. The fourth-order valence-corrected chi connectivity index (χ4v) is 5.99. The third kappa shape index (κ3) is 5.98. The lowest BCUT2D eigenvalue weighted by Gasteiger charge is -2.36. The molecule has 2 aliphatic rings. The average molecular weight is 564 g/mol. The highest BCUT2D eigenvalue weighted by Crippen LogP contribution is 2.33. The predicted octanol–water partition coefficient (Wildman–Crippen LogP) is 5.80. The second-order valence-corrected chi connectivity index (χ2v) is 11.0. The van der Waals surface area contributed by atoms with Gasteiger partial charge < -0.3 is 14.5 Å². The number of anilines is 1. The number of carbonyl (C=O) groups excluding carboxylic acids is 3. The van der Waals surface area contributed by atoms with Gasteiger partial charge in [0.1, 0.15) is 18.9 Å². The Hall–Kier alpha value is -4.56. The van der Waals surface area contributed by atoms with Gasteiger partial charge in [0.05, 0.1) is 4.91 Å². The molecule has 0 aromatic heterocycles. The zero-order valence-electron chi connectivity index (χ0n) is 22.4. The summed E-state index contributed by atoms with van der Waals surface area (Å²) in [5.41, 5.74) is 2.95. The molecule has 0 saturated carbocycles. The molecule has 0 atom stereocenters. The number of piperazine rings is 1. The first-order chi connectivity index (χ1) is 20.0. The van der Waals surface area contributed by atoms with Gasteiger partial charge >= 0.3 is 0 Å². The Bertz CT molecular complexity index is 1620. The molecule has 8 heteroatoms. The van der Waals surface area contributed by atoms with Crippen LogP contribution in [-0.2, 0) is 16.2 Å². The molecule has 4 aromatic carbocycles. The Morgan fingerprint density at radius 3 is 2.39 bits per heavy atom. The van der Waals surface area contributed by atoms with Gasteiger partial charge in [-0.15, -0.1) is 0 Å². The number of thioether (sulfide) groups is 1. The van der Waals surface area contributed by atoms with Crippen molar-refractivity contribution in [2.45, 2.75) is 6.61 Å². The minimum Gasteiger partial charge on any atom is -0.489 e. The lowest BCUT2D eigenvalue weighted by Crippen LogP contribution is -2.51. The van der Waals surface area contributed by atoms with Crippen LogP contribution in [-0.4, -0.2) is 59.6 Å². The number of fused-ring (bicyclic) bond motifs is 1. The van der Waals surface area contributed by atoms with Gasteiger partial charge in [-0.2, -0.15) is 0 Å². The molecule has 2 heterocycles. The monoisotopic (exact) mass is 563 g/mol. The molecule has 7 nitrogen and oxygen atoms in total. The van der Waals surface area contributed by atoms with E-state index in [1.54, 1.807) is 11.0 Å². The lowest BCUT2D eigenvalue weighted by atomic mass is 10.1. The molecule has 2 aliphatic heterocycles. The van der Waals surface area contributed by atoms with Crippen LogP contribution in [0.25, 0.3) is 16.8 Å². The van der Waals surface area contributed by atoms with Crippen molar-refractivity contribution in [1.82, 2.24) is 9.80 Å². The third-order valence-electron chi connectivity index (χ3n) is 7.35. The van der Waals surface area contributed by atoms with Gasteiger partial charge in [-0.05, 0) is 64.0 Å². The normalized spacial score (nSPS) is 16.6. The first-order valence-electron chi connectivity index (χ1n) is 13.6. The van der Waals surface area contributed by atoms with Crippen LogP contribution in [0.3, 0.4) is 0 Å². The zero-order chi connectivity index (χ0) is 28.2. The minimum absolute atomic E-state index is 0.218. The molecule has 0 radical (unpaired) electrons. The Kier molecular flexibility index (Phi) is 7.73. The van der Waals surface area contributed by atoms with E-state index >= 15 is 0 Å². The first-order valence-corrected chi connectivity index (χ1v) is 14.4. The number of rotatable bonds is 7. The Balaban J connectivity index is 1.07. The van der Waals surface area contributed by atoms with Crippen LogP contribution < -0.4 is 9.64 Å². The highest BCUT2D eigenvalue weighted by atomic mass is 32.2. The summed E-state index contributed by atoms with van der Waals surface area (Å²) in [5, 5.41) is 1.87. The third-order valence-corrected chi connectivity index (χ3v) is 8.26. The van der Waals surface area contributed by atoms with E-state index in [2.05, 4.69) is 35.2 Å². The molecule has 0 unspecified atom stereocenters. The van der Waals surface area contributed by atoms with E-state index in [0.29, 0.717) is 43.4 Å². The van der Waals surface area contributed by atoms with Crippen LogP contribution in [0.1, 0.15) is 11.1 Å². The molecule has 6 rings (SSSR count). The number of ether oxygens (including phenoxy) is 1. The molecule has 0 aliphatic carbocycles. The molecular weight excluding hydrogens is 534 g/mol. The van der Waals surface area contributed by atoms with Gasteiger partial charge in [-0.25, -0.2) is 0 Å². The maximum atomic E-state index is 13.1. The fraction of sp³-hybridized carbons (Fsp3) is 0.182. The quantitative estimate of drug-likeness (QED) is 0.265. The number of carbonyl (C=O) groups is 3. The number of benzene rings is 4. The standard InChI is InChI=1S/C33H29N3O4S/c37-31(35-18-16-34(17-19-35)27-12-2-1-3-13-27)22-36-32(38)30(41-33(36)39)21-24-8-6-14-28(20-24)40-23-26-11-7-10-25-9-4-5-15-29(25)26/h1-15,20-21H,16-19,22-23H2/b30-21+. The van der Waals surface area contributed by atoms with E-state index in [0.717, 1.165) is 44.2 Å². The smallest absolute Gasteiger partial charge is 0.294 e. The summed E-state index contributed by atoms with van der Waals surface area (Å²) in [7, 11) is 0. The van der Waals surface area contributed by atoms with E-state index in [1.807, 2.05) is 66.7 Å². The summed E-state index contributed by atoms with van der Waals surface area (Å²) >= 11 is 0.859. The maximum absolute atomic E-state index is 13.1. The van der Waals surface area contributed by atoms with Crippen molar-refractivity contribution >= 4 is 51.4 Å². The van der Waals surface area contributed by atoms with Crippen molar-refractivity contribution < 1.29 is 19.1 Å². The molecule has 2 saturated heterocycles. The van der Waals surface area contributed by atoms with Crippen LogP contribution in [0.15, 0.2) is 102 Å². The Labute approximate surface area is 243 Å². The lowest BCUT2D eigenvalue weighted by molar-refractivity contribution is -0.136. The van der Waals surface area contributed by atoms with Gasteiger partial charge in [0.15, 0.2) is 0 Å². The van der Waals surface area contributed by atoms with E-state index in [1.165, 1.54) is 0 Å². The number of para-hydroxylation sites is 1. The van der Waals surface area contributed by atoms with Crippen molar-refractivity contribution in [2.24, 2.45) is 0 Å². The van der Waals surface area contributed by atoms with E-state index < -0.39 is 11.1 Å². The highest BCUT2D eigenvalue weighted by Gasteiger charge is 2.37. The fourth-order valence-electron chi connectivity index (χ4n) is 5.15. The first kappa shape index (κ1) is 26.7. The van der Waals surface area contributed by atoms with Crippen molar-refractivity contribution in [1.29, 1.82) is 0 Å². The molecule has 206 valence electrons. The van der Waals surface area contributed by atoms with E-state index in [-0.39, 0.29) is 12.5 Å². The van der Waals surface area contributed by atoms with Crippen LogP contribution in [0.2, 0.25) is 0 Å². The summed E-state index contributed by atoms with van der Waals surface area (Å²) in [4.78, 5) is 44.1. The molecule has 0 N–H and O–H groups in total. The van der Waals surface area contributed by atoms with Crippen molar-refractivity contribution in [3.05, 3.63) is 113 Å². The molecule has 4 aromatic rings. The maximum Gasteiger partial charge on any atom is 0.294 e. The molecular formula is C33H29N3O4S. The Morgan fingerprint density at radius 2 is 1.56 bits per heavy atom. The second-order valence-electron chi connectivity index (χ2n) is 9.97. The van der Waals surface area contributed by atoms with Crippen LogP contribution >= 0.6 is 11.8 Å². The number of hydrogen-bond acceptors (Lipinski definition) is 6. The van der Waals surface area contributed by atoms with Gasteiger partial charge in [0.25, 0.3) is 11.1 Å². The molecule has 0 bridgehead atoms.